The highest BCUT2D eigenvalue weighted by atomic mass is 15.3. The molecule has 0 aliphatic carbocycles. The van der Waals surface area contributed by atoms with E-state index in [1.54, 1.807) is 0 Å². The molecule has 0 bridgehead atoms. The topological polar surface area (TPSA) is 17.8 Å². The van der Waals surface area contributed by atoms with Crippen molar-refractivity contribution in [2.75, 3.05) is 0 Å². The molecule has 0 saturated carbocycles. The lowest BCUT2D eigenvalue weighted by molar-refractivity contribution is 0.611. The highest BCUT2D eigenvalue weighted by molar-refractivity contribution is 5.51. The van der Waals surface area contributed by atoms with E-state index in [4.69, 9.17) is 0 Å². The van der Waals surface area contributed by atoms with Crippen LogP contribution >= 0.6 is 0 Å². The molecule has 2 nitrogen and oxygen atoms in total. The predicted molar refractivity (Wildman–Crippen MR) is 59.0 cm³/mol. The SMILES string of the molecule is CCC1=CC=CC(C)(C)c2ccnn21. The molecular weight excluding hydrogens is 172 g/mol. The first-order chi connectivity index (χ1) is 6.65. The Bertz CT molecular complexity index is 394. The summed E-state index contributed by atoms with van der Waals surface area (Å²) in [5.41, 5.74) is 2.59. The Balaban J connectivity index is 2.60. The second-order valence-corrected chi connectivity index (χ2v) is 4.22. The first-order valence-corrected chi connectivity index (χ1v) is 5.08. The molecule has 0 N–H and O–H groups in total. The molecule has 0 saturated heterocycles. The number of fused-ring (bicyclic) bond motifs is 1. The molecule has 1 aliphatic heterocycles. The molecule has 74 valence electrons. The second-order valence-electron chi connectivity index (χ2n) is 4.22. The maximum atomic E-state index is 4.37. The fraction of sp³-hybridized carbons (Fsp3) is 0.417. The van der Waals surface area contributed by atoms with Crippen LogP contribution in [0, 0.1) is 0 Å². The number of hydrogen-bond donors (Lipinski definition) is 0. The summed E-state index contributed by atoms with van der Waals surface area (Å²) in [6.07, 6.45) is 9.39. The van der Waals surface area contributed by atoms with Crippen LogP contribution < -0.4 is 0 Å². The predicted octanol–water partition coefficient (Wildman–Crippen LogP) is 2.98. The summed E-state index contributed by atoms with van der Waals surface area (Å²) in [5.74, 6) is 0. The lowest BCUT2D eigenvalue weighted by atomic mass is 9.89. The van der Waals surface area contributed by atoms with E-state index in [1.807, 2.05) is 6.20 Å². The Morgan fingerprint density at radius 1 is 1.43 bits per heavy atom. The monoisotopic (exact) mass is 188 g/mol. The maximum Gasteiger partial charge on any atom is 0.0532 e. The maximum absolute atomic E-state index is 4.37. The third kappa shape index (κ3) is 1.31. The minimum Gasteiger partial charge on any atom is -0.241 e. The summed E-state index contributed by atoms with van der Waals surface area (Å²) in [6.45, 7) is 6.58. The Kier molecular flexibility index (Phi) is 2.06. The first kappa shape index (κ1) is 9.25. The van der Waals surface area contributed by atoms with Crippen LogP contribution in [-0.4, -0.2) is 9.78 Å². The molecule has 2 rings (SSSR count). The van der Waals surface area contributed by atoms with Crippen molar-refractivity contribution in [2.24, 2.45) is 0 Å². The zero-order valence-corrected chi connectivity index (χ0v) is 8.99. The van der Waals surface area contributed by atoms with E-state index in [2.05, 4.69) is 54.8 Å². The molecular formula is C12H16N2. The van der Waals surface area contributed by atoms with Gasteiger partial charge in [0, 0.05) is 17.3 Å². The lowest BCUT2D eigenvalue weighted by Crippen LogP contribution is -2.18. The average Bonchev–Trinajstić information content (AvgIpc) is 2.57. The first-order valence-electron chi connectivity index (χ1n) is 5.08. The van der Waals surface area contributed by atoms with Crippen LogP contribution in [0.1, 0.15) is 32.9 Å². The van der Waals surface area contributed by atoms with Gasteiger partial charge < -0.3 is 0 Å². The van der Waals surface area contributed by atoms with Crippen LogP contribution in [0.3, 0.4) is 0 Å². The van der Waals surface area contributed by atoms with Crippen molar-refractivity contribution < 1.29 is 0 Å². The molecule has 2 heterocycles. The summed E-state index contributed by atoms with van der Waals surface area (Å²) in [6, 6.07) is 2.10. The van der Waals surface area contributed by atoms with Gasteiger partial charge >= 0.3 is 0 Å². The van der Waals surface area contributed by atoms with Crippen LogP contribution in [0.2, 0.25) is 0 Å². The smallest absolute Gasteiger partial charge is 0.0532 e. The van der Waals surface area contributed by atoms with Crippen LogP contribution in [0.5, 0.6) is 0 Å². The van der Waals surface area contributed by atoms with E-state index in [0.29, 0.717) is 0 Å². The third-order valence-electron chi connectivity index (χ3n) is 2.74. The van der Waals surface area contributed by atoms with Crippen molar-refractivity contribution in [2.45, 2.75) is 32.6 Å². The van der Waals surface area contributed by atoms with Crippen molar-refractivity contribution in [3.05, 3.63) is 36.2 Å². The number of allylic oxidation sites excluding steroid dienone is 4. The lowest BCUT2D eigenvalue weighted by Gasteiger charge is -2.20. The van der Waals surface area contributed by atoms with Crippen LogP contribution in [0.4, 0.5) is 0 Å². The fourth-order valence-corrected chi connectivity index (χ4v) is 1.84. The van der Waals surface area contributed by atoms with E-state index in [9.17, 15) is 0 Å². The van der Waals surface area contributed by atoms with Gasteiger partial charge in [-0.3, -0.25) is 0 Å². The molecule has 0 unspecified atom stereocenters. The molecule has 0 fully saturated rings. The molecule has 0 aromatic carbocycles. The molecule has 1 aromatic rings. The summed E-state index contributed by atoms with van der Waals surface area (Å²) >= 11 is 0. The van der Waals surface area contributed by atoms with Crippen molar-refractivity contribution in [1.82, 2.24) is 9.78 Å². The quantitative estimate of drug-likeness (QED) is 0.662. The summed E-state index contributed by atoms with van der Waals surface area (Å²) < 4.78 is 2.06. The minimum atomic E-state index is 0.0733. The van der Waals surface area contributed by atoms with Gasteiger partial charge in [-0.2, -0.15) is 5.10 Å². The van der Waals surface area contributed by atoms with Crippen LogP contribution in [-0.2, 0) is 5.41 Å². The van der Waals surface area contributed by atoms with Crippen molar-refractivity contribution >= 4 is 5.70 Å². The Labute approximate surface area is 84.9 Å². The third-order valence-corrected chi connectivity index (χ3v) is 2.74. The van der Waals surface area contributed by atoms with Gasteiger partial charge in [-0.25, -0.2) is 4.68 Å². The van der Waals surface area contributed by atoms with Gasteiger partial charge in [0.2, 0.25) is 0 Å². The average molecular weight is 188 g/mol. The van der Waals surface area contributed by atoms with Gasteiger partial charge in [0.05, 0.1) is 5.69 Å². The molecule has 1 aliphatic rings. The zero-order valence-electron chi connectivity index (χ0n) is 8.99. The largest absolute Gasteiger partial charge is 0.241 e. The summed E-state index contributed by atoms with van der Waals surface area (Å²) in [7, 11) is 0. The number of hydrogen-bond acceptors (Lipinski definition) is 1. The van der Waals surface area contributed by atoms with Crippen molar-refractivity contribution in [3.63, 3.8) is 0 Å². The molecule has 2 heteroatoms. The molecule has 1 aromatic heterocycles. The second kappa shape index (κ2) is 3.12. The summed E-state index contributed by atoms with van der Waals surface area (Å²) in [5, 5.41) is 4.37. The van der Waals surface area contributed by atoms with Crippen LogP contribution in [0.15, 0.2) is 30.5 Å². The molecule has 0 amide bonds. The van der Waals surface area contributed by atoms with E-state index < -0.39 is 0 Å². The van der Waals surface area contributed by atoms with Gasteiger partial charge in [-0.05, 0) is 18.6 Å². The number of aromatic nitrogens is 2. The standard InChI is InChI=1S/C12H16N2/c1-4-10-6-5-8-12(2,3)11-7-9-13-14(10)11/h5-9H,4H2,1-3H3. The van der Waals surface area contributed by atoms with E-state index in [0.717, 1.165) is 6.42 Å². The van der Waals surface area contributed by atoms with Crippen LogP contribution in [0.25, 0.3) is 5.70 Å². The van der Waals surface area contributed by atoms with Gasteiger partial charge in [-0.15, -0.1) is 0 Å². The summed E-state index contributed by atoms with van der Waals surface area (Å²) in [4.78, 5) is 0. The number of nitrogens with zero attached hydrogens (tertiary/aromatic N) is 2. The molecule has 0 spiro atoms. The van der Waals surface area contributed by atoms with Crippen molar-refractivity contribution in [1.29, 1.82) is 0 Å². The Morgan fingerprint density at radius 3 is 2.93 bits per heavy atom. The highest BCUT2D eigenvalue weighted by Crippen LogP contribution is 2.29. The van der Waals surface area contributed by atoms with E-state index in [1.165, 1.54) is 11.4 Å². The van der Waals surface area contributed by atoms with Crippen molar-refractivity contribution in [3.8, 4) is 0 Å². The fourth-order valence-electron chi connectivity index (χ4n) is 1.84. The number of rotatable bonds is 1. The molecule has 14 heavy (non-hydrogen) atoms. The minimum absolute atomic E-state index is 0.0733. The normalized spacial score (nSPS) is 18.6. The highest BCUT2D eigenvalue weighted by Gasteiger charge is 2.23. The van der Waals surface area contributed by atoms with Gasteiger partial charge in [-0.1, -0.05) is 32.9 Å². The van der Waals surface area contributed by atoms with Gasteiger partial charge in [0.25, 0.3) is 0 Å². The molecule has 0 radical (unpaired) electrons. The van der Waals surface area contributed by atoms with E-state index in [-0.39, 0.29) is 5.41 Å². The zero-order chi connectivity index (χ0) is 10.2. The Morgan fingerprint density at radius 2 is 2.21 bits per heavy atom. The van der Waals surface area contributed by atoms with E-state index >= 15 is 0 Å². The van der Waals surface area contributed by atoms with Gasteiger partial charge in [0.1, 0.15) is 0 Å². The molecule has 0 atom stereocenters. The van der Waals surface area contributed by atoms with Gasteiger partial charge in [0.15, 0.2) is 0 Å². The Hall–Kier alpha value is -1.31.